The second-order valence-electron chi connectivity index (χ2n) is 6.74. The van der Waals surface area contributed by atoms with E-state index in [9.17, 15) is 9.59 Å². The highest BCUT2D eigenvalue weighted by Gasteiger charge is 2.22. The normalized spacial score (nSPS) is 12.2. The van der Waals surface area contributed by atoms with Gasteiger partial charge in [-0.3, -0.25) is 14.5 Å². The lowest BCUT2D eigenvalue weighted by atomic mass is 10.1. The van der Waals surface area contributed by atoms with E-state index in [-0.39, 0.29) is 12.6 Å². The van der Waals surface area contributed by atoms with Crippen molar-refractivity contribution < 1.29 is 14.0 Å². The van der Waals surface area contributed by atoms with Crippen molar-refractivity contribution in [2.75, 3.05) is 26.0 Å². The lowest BCUT2D eigenvalue weighted by Gasteiger charge is -2.22. The number of nitrogens with one attached hydrogen (secondary N) is 2. The van der Waals surface area contributed by atoms with Crippen molar-refractivity contribution >= 4 is 40.1 Å². The molecule has 3 rings (SSSR count). The maximum Gasteiger partial charge on any atom is 0.313 e. The Morgan fingerprint density at radius 2 is 1.86 bits per heavy atom. The van der Waals surface area contributed by atoms with Crippen molar-refractivity contribution in [2.45, 2.75) is 13.0 Å². The number of hydrogen-bond donors (Lipinski definition) is 2. The van der Waals surface area contributed by atoms with Crippen LogP contribution in [0.1, 0.15) is 17.4 Å². The second-order valence-corrected chi connectivity index (χ2v) is 7.15. The summed E-state index contributed by atoms with van der Waals surface area (Å²) in [5, 5.41) is 6.78. The van der Waals surface area contributed by atoms with Crippen molar-refractivity contribution in [3.63, 3.8) is 0 Å². The first-order chi connectivity index (χ1) is 13.4. The van der Waals surface area contributed by atoms with Gasteiger partial charge in [0.05, 0.1) is 6.04 Å². The van der Waals surface area contributed by atoms with Gasteiger partial charge in [0.25, 0.3) is 0 Å². The predicted molar refractivity (Wildman–Crippen MR) is 110 cm³/mol. The number of benzene rings is 2. The number of anilines is 1. The largest absolute Gasteiger partial charge is 0.459 e. The number of hydrogen-bond acceptors (Lipinski definition) is 4. The van der Waals surface area contributed by atoms with E-state index < -0.39 is 11.8 Å². The molecule has 0 aliphatic carbocycles. The zero-order valence-corrected chi connectivity index (χ0v) is 16.7. The summed E-state index contributed by atoms with van der Waals surface area (Å²) in [5.41, 5.74) is 2.00. The zero-order chi connectivity index (χ0) is 20.3. The van der Waals surface area contributed by atoms with Crippen LogP contribution in [0.5, 0.6) is 0 Å². The fourth-order valence-corrected chi connectivity index (χ4v) is 3.07. The summed E-state index contributed by atoms with van der Waals surface area (Å²) < 4.78 is 5.90. The molecule has 0 saturated heterocycles. The van der Waals surface area contributed by atoms with Crippen LogP contribution in [-0.4, -0.2) is 37.4 Å². The molecule has 0 aliphatic rings. The number of carbonyl (C=O) groups excluding carboxylic acids is 2. The van der Waals surface area contributed by atoms with Crippen LogP contribution in [0, 0.1) is 6.92 Å². The molecule has 1 heterocycles. The minimum absolute atomic E-state index is 0.211. The maximum atomic E-state index is 12.3. The Morgan fingerprint density at radius 3 is 2.57 bits per heavy atom. The minimum Gasteiger partial charge on any atom is -0.459 e. The van der Waals surface area contributed by atoms with Gasteiger partial charge >= 0.3 is 11.8 Å². The highest BCUT2D eigenvalue weighted by Crippen LogP contribution is 2.26. The third-order valence-electron chi connectivity index (χ3n) is 4.57. The van der Waals surface area contributed by atoms with E-state index in [4.69, 9.17) is 16.0 Å². The topological polar surface area (TPSA) is 74.6 Å². The fraction of sp³-hybridized carbons (Fsp3) is 0.238. The summed E-state index contributed by atoms with van der Waals surface area (Å²) in [5.74, 6) is -0.743. The summed E-state index contributed by atoms with van der Waals surface area (Å²) in [4.78, 5) is 26.4. The lowest BCUT2D eigenvalue weighted by Crippen LogP contribution is -2.40. The number of likely N-dealkylation sites (N-methyl/N-ethyl adjacent to an activating group) is 1. The first-order valence-corrected chi connectivity index (χ1v) is 9.24. The second kappa shape index (κ2) is 8.46. The number of halogens is 1. The van der Waals surface area contributed by atoms with E-state index in [1.54, 1.807) is 25.1 Å². The number of carbonyl (C=O) groups is 2. The number of fused-ring (bicyclic) bond motifs is 1. The Labute approximate surface area is 168 Å². The van der Waals surface area contributed by atoms with Crippen LogP contribution < -0.4 is 10.6 Å². The molecule has 0 bridgehead atoms. The average molecular weight is 400 g/mol. The van der Waals surface area contributed by atoms with Gasteiger partial charge in [-0.2, -0.15) is 0 Å². The first kappa shape index (κ1) is 19.9. The molecule has 1 aromatic heterocycles. The molecular formula is C21H22ClN3O3. The Morgan fingerprint density at radius 1 is 1.11 bits per heavy atom. The molecule has 3 aromatic rings. The molecule has 28 heavy (non-hydrogen) atoms. The Kier molecular flexibility index (Phi) is 6.02. The fourth-order valence-electron chi connectivity index (χ4n) is 2.90. The number of amides is 2. The van der Waals surface area contributed by atoms with Gasteiger partial charge in [0.1, 0.15) is 11.3 Å². The summed E-state index contributed by atoms with van der Waals surface area (Å²) in [6.45, 7) is 2.01. The van der Waals surface area contributed by atoms with Crippen molar-refractivity contribution in [3.05, 3.63) is 64.9 Å². The summed E-state index contributed by atoms with van der Waals surface area (Å²) >= 11 is 6.05. The van der Waals surface area contributed by atoms with Crippen LogP contribution in [-0.2, 0) is 9.59 Å². The van der Waals surface area contributed by atoms with Gasteiger partial charge in [-0.1, -0.05) is 35.9 Å². The van der Waals surface area contributed by atoms with Gasteiger partial charge in [0.2, 0.25) is 0 Å². The molecule has 0 unspecified atom stereocenters. The molecule has 2 amide bonds. The minimum atomic E-state index is -0.743. The van der Waals surface area contributed by atoms with E-state index in [0.717, 1.165) is 16.7 Å². The van der Waals surface area contributed by atoms with Crippen molar-refractivity contribution in [3.8, 4) is 0 Å². The molecule has 0 saturated carbocycles. The molecule has 1 atom stereocenters. The van der Waals surface area contributed by atoms with E-state index in [0.29, 0.717) is 16.3 Å². The van der Waals surface area contributed by atoms with Gasteiger partial charge < -0.3 is 15.1 Å². The molecule has 2 aromatic carbocycles. The van der Waals surface area contributed by atoms with Crippen LogP contribution >= 0.6 is 11.6 Å². The van der Waals surface area contributed by atoms with E-state index >= 15 is 0 Å². The van der Waals surface area contributed by atoms with Crippen molar-refractivity contribution in [2.24, 2.45) is 0 Å². The Hall–Kier alpha value is -2.83. The Balaban J connectivity index is 1.67. The monoisotopic (exact) mass is 399 g/mol. The quantitative estimate of drug-likeness (QED) is 0.641. The Bertz CT molecular complexity index is 980. The first-order valence-electron chi connectivity index (χ1n) is 8.86. The number of furan rings is 1. The van der Waals surface area contributed by atoms with Crippen molar-refractivity contribution in [1.29, 1.82) is 0 Å². The SMILES string of the molecule is Cc1c(Cl)cccc1NC(=O)C(=O)NC[C@H](c1cc2ccccc2o1)N(C)C. The van der Waals surface area contributed by atoms with Gasteiger partial charge in [-0.15, -0.1) is 0 Å². The number of rotatable bonds is 5. The summed E-state index contributed by atoms with van der Waals surface area (Å²) in [6, 6.07) is 14.6. The maximum absolute atomic E-state index is 12.3. The summed E-state index contributed by atoms with van der Waals surface area (Å²) in [7, 11) is 3.78. The van der Waals surface area contributed by atoms with Crippen LogP contribution in [0.3, 0.4) is 0 Å². The standard InChI is InChI=1S/C21H22ClN3O3/c1-13-15(22)8-6-9-16(13)24-21(27)20(26)23-12-17(25(2)3)19-11-14-7-4-5-10-18(14)28-19/h4-11,17H,12H2,1-3H3,(H,23,26)(H,24,27)/t17-/m1/s1. The lowest BCUT2D eigenvalue weighted by molar-refractivity contribution is -0.136. The van der Waals surface area contributed by atoms with E-state index in [1.165, 1.54) is 0 Å². The molecule has 146 valence electrons. The molecule has 2 N–H and O–H groups in total. The molecule has 7 heteroatoms. The molecule has 0 spiro atoms. The number of para-hydroxylation sites is 1. The van der Waals surface area contributed by atoms with Crippen LogP contribution in [0.15, 0.2) is 52.9 Å². The van der Waals surface area contributed by atoms with Gasteiger partial charge in [-0.05, 0) is 50.8 Å². The summed E-state index contributed by atoms with van der Waals surface area (Å²) in [6.07, 6.45) is 0. The molecular weight excluding hydrogens is 378 g/mol. The molecule has 6 nitrogen and oxygen atoms in total. The van der Waals surface area contributed by atoms with Crippen molar-refractivity contribution in [1.82, 2.24) is 10.2 Å². The highest BCUT2D eigenvalue weighted by atomic mass is 35.5. The third kappa shape index (κ3) is 4.35. The van der Waals surface area contributed by atoms with Gasteiger partial charge in [-0.25, -0.2) is 0 Å². The van der Waals surface area contributed by atoms with E-state index in [1.807, 2.05) is 49.3 Å². The smallest absolute Gasteiger partial charge is 0.313 e. The van der Waals surface area contributed by atoms with Crippen LogP contribution in [0.4, 0.5) is 5.69 Å². The molecule has 0 radical (unpaired) electrons. The van der Waals surface area contributed by atoms with Gasteiger partial charge in [0, 0.05) is 22.6 Å². The average Bonchev–Trinajstić information content (AvgIpc) is 3.08. The molecule has 0 aliphatic heterocycles. The van der Waals surface area contributed by atoms with E-state index in [2.05, 4.69) is 10.6 Å². The zero-order valence-electron chi connectivity index (χ0n) is 16.0. The third-order valence-corrected chi connectivity index (χ3v) is 4.98. The highest BCUT2D eigenvalue weighted by molar-refractivity contribution is 6.40. The predicted octanol–water partition coefficient (Wildman–Crippen LogP) is 3.75. The van der Waals surface area contributed by atoms with Crippen LogP contribution in [0.25, 0.3) is 11.0 Å². The molecule has 0 fully saturated rings. The number of nitrogens with zero attached hydrogens (tertiary/aromatic N) is 1. The van der Waals surface area contributed by atoms with Crippen LogP contribution in [0.2, 0.25) is 5.02 Å². The van der Waals surface area contributed by atoms with Gasteiger partial charge in [0.15, 0.2) is 0 Å².